The van der Waals surface area contributed by atoms with Gasteiger partial charge in [-0.15, -0.1) is 6.58 Å². The van der Waals surface area contributed by atoms with Crippen LogP contribution >= 0.6 is 0 Å². The first-order valence-electron chi connectivity index (χ1n) is 10.2. The monoisotopic (exact) mass is 410 g/mol. The van der Waals surface area contributed by atoms with E-state index in [0.29, 0.717) is 12.8 Å². The zero-order chi connectivity index (χ0) is 22.2. The van der Waals surface area contributed by atoms with Crippen molar-refractivity contribution in [3.63, 3.8) is 0 Å². The smallest absolute Gasteiger partial charge is 0.303 e. The van der Waals surface area contributed by atoms with E-state index >= 15 is 0 Å². The molecule has 1 heterocycles. The molecule has 29 heavy (non-hydrogen) atoms. The first-order chi connectivity index (χ1) is 13.1. The zero-order valence-corrected chi connectivity index (χ0v) is 18.2. The van der Waals surface area contributed by atoms with E-state index in [1.54, 1.807) is 13.8 Å². The molecule has 164 valence electrons. The zero-order valence-electron chi connectivity index (χ0n) is 18.2. The lowest BCUT2D eigenvalue weighted by atomic mass is 9.40. The second-order valence-electron chi connectivity index (χ2n) is 10.4. The lowest BCUT2D eigenvalue weighted by Crippen LogP contribution is -2.86. The summed E-state index contributed by atoms with van der Waals surface area (Å²) in [5, 5.41) is 34.7. The Morgan fingerprint density at radius 3 is 2.34 bits per heavy atom. The van der Waals surface area contributed by atoms with E-state index in [1.165, 1.54) is 19.9 Å². The van der Waals surface area contributed by atoms with Gasteiger partial charge in [0.1, 0.15) is 5.60 Å². The Kier molecular flexibility index (Phi) is 4.91. The van der Waals surface area contributed by atoms with Gasteiger partial charge in [0.15, 0.2) is 17.5 Å². The number of hydrogen-bond acceptors (Lipinski definition) is 7. The van der Waals surface area contributed by atoms with Crippen LogP contribution in [0.3, 0.4) is 0 Å². The average molecular weight is 411 g/mol. The fourth-order valence-electron chi connectivity index (χ4n) is 6.66. The minimum absolute atomic E-state index is 0.138. The van der Waals surface area contributed by atoms with Gasteiger partial charge in [0.25, 0.3) is 0 Å². The van der Waals surface area contributed by atoms with E-state index in [9.17, 15) is 24.9 Å². The van der Waals surface area contributed by atoms with Crippen molar-refractivity contribution in [2.75, 3.05) is 0 Å². The van der Waals surface area contributed by atoms with Crippen molar-refractivity contribution >= 4 is 11.8 Å². The van der Waals surface area contributed by atoms with Crippen LogP contribution in [-0.2, 0) is 19.1 Å². The molecule has 0 amide bonds. The van der Waals surface area contributed by atoms with Crippen LogP contribution < -0.4 is 0 Å². The number of hydrogen-bond donors (Lipinski definition) is 3. The summed E-state index contributed by atoms with van der Waals surface area (Å²) in [5.41, 5.74) is -7.00. The predicted octanol–water partition coefficient (Wildman–Crippen LogP) is 1.52. The van der Waals surface area contributed by atoms with Crippen LogP contribution in [0.4, 0.5) is 0 Å². The number of rotatable bonds is 2. The third-order valence-corrected chi connectivity index (χ3v) is 8.02. The number of ether oxygens (including phenoxy) is 2. The Morgan fingerprint density at radius 1 is 1.24 bits per heavy atom. The number of Topliss-reactive ketones (excluding diaryl/α,β-unsaturated/α-hetero) is 1. The van der Waals surface area contributed by atoms with E-state index in [2.05, 4.69) is 6.58 Å². The van der Waals surface area contributed by atoms with E-state index in [4.69, 9.17) is 9.47 Å². The van der Waals surface area contributed by atoms with Crippen LogP contribution in [0.5, 0.6) is 0 Å². The second-order valence-corrected chi connectivity index (χ2v) is 10.4. The summed E-state index contributed by atoms with van der Waals surface area (Å²) in [5.74, 6) is -1.87. The quantitative estimate of drug-likeness (QED) is 0.467. The van der Waals surface area contributed by atoms with Crippen molar-refractivity contribution in [1.82, 2.24) is 0 Å². The average Bonchev–Trinajstić information content (AvgIpc) is 2.59. The summed E-state index contributed by atoms with van der Waals surface area (Å²) in [6.45, 7) is 13.6. The number of esters is 1. The third kappa shape index (κ3) is 2.63. The Morgan fingerprint density at radius 2 is 1.83 bits per heavy atom. The molecule has 8 atom stereocenters. The predicted molar refractivity (Wildman–Crippen MR) is 105 cm³/mol. The fourth-order valence-corrected chi connectivity index (χ4v) is 6.66. The fraction of sp³-hybridized carbons (Fsp3) is 0.818. The van der Waals surface area contributed by atoms with Crippen molar-refractivity contribution in [2.24, 2.45) is 16.7 Å². The van der Waals surface area contributed by atoms with Crippen LogP contribution in [0.15, 0.2) is 12.7 Å². The highest BCUT2D eigenvalue weighted by molar-refractivity contribution is 5.92. The number of ketones is 1. The molecule has 7 heteroatoms. The van der Waals surface area contributed by atoms with Crippen molar-refractivity contribution in [3.8, 4) is 0 Å². The summed E-state index contributed by atoms with van der Waals surface area (Å²) in [6, 6.07) is 0. The minimum Gasteiger partial charge on any atom is -0.457 e. The molecule has 2 saturated carbocycles. The molecule has 7 nitrogen and oxygen atoms in total. The van der Waals surface area contributed by atoms with Gasteiger partial charge in [-0.1, -0.05) is 26.8 Å². The molecule has 1 aliphatic heterocycles. The minimum atomic E-state index is -2.18. The van der Waals surface area contributed by atoms with Crippen LogP contribution in [0.1, 0.15) is 60.8 Å². The van der Waals surface area contributed by atoms with Gasteiger partial charge in [0.05, 0.1) is 17.8 Å². The SMILES string of the molecule is C=C[C@@]1(C)CC(=O)[C@]2(O)C3(C)[C@@H](O)CCC(C)(C)[C@@H]3C(O)C(OC(C)=O)[C@@]2(C)O1. The lowest BCUT2D eigenvalue weighted by Gasteiger charge is -2.71. The largest absolute Gasteiger partial charge is 0.457 e. The number of aliphatic hydroxyl groups is 3. The van der Waals surface area contributed by atoms with Crippen molar-refractivity contribution in [2.45, 2.75) is 95.9 Å². The molecule has 0 spiro atoms. The van der Waals surface area contributed by atoms with Gasteiger partial charge in [-0.25, -0.2) is 0 Å². The van der Waals surface area contributed by atoms with Crippen LogP contribution in [0.2, 0.25) is 0 Å². The molecule has 3 N–H and O–H groups in total. The molecule has 2 aliphatic carbocycles. The second kappa shape index (κ2) is 6.36. The molecule has 0 aromatic heterocycles. The van der Waals surface area contributed by atoms with Gasteiger partial charge in [-0.05, 0) is 32.1 Å². The number of fused-ring (bicyclic) bond motifs is 3. The van der Waals surface area contributed by atoms with Gasteiger partial charge in [-0.3, -0.25) is 9.59 Å². The highest BCUT2D eigenvalue weighted by atomic mass is 16.6. The molecule has 0 aromatic carbocycles. The highest BCUT2D eigenvalue weighted by Crippen LogP contribution is 2.66. The molecule has 1 saturated heterocycles. The maximum atomic E-state index is 13.6. The van der Waals surface area contributed by atoms with Crippen molar-refractivity contribution in [1.29, 1.82) is 0 Å². The van der Waals surface area contributed by atoms with E-state index in [-0.39, 0.29) is 6.42 Å². The van der Waals surface area contributed by atoms with Gasteiger partial charge in [0.2, 0.25) is 0 Å². The number of aliphatic hydroxyl groups excluding tert-OH is 2. The van der Waals surface area contributed by atoms with Gasteiger partial charge < -0.3 is 24.8 Å². The maximum absolute atomic E-state index is 13.6. The van der Waals surface area contributed by atoms with Crippen molar-refractivity contribution < 1.29 is 34.4 Å². The Labute approximate surface area is 172 Å². The van der Waals surface area contributed by atoms with Crippen LogP contribution in [0, 0.1) is 16.7 Å². The first-order valence-corrected chi connectivity index (χ1v) is 10.2. The number of carbonyl (C=O) groups is 2. The Balaban J connectivity index is 2.33. The Bertz CT molecular complexity index is 747. The summed E-state index contributed by atoms with van der Waals surface area (Å²) >= 11 is 0. The molecular weight excluding hydrogens is 376 g/mol. The lowest BCUT2D eigenvalue weighted by molar-refractivity contribution is -0.370. The summed E-state index contributed by atoms with van der Waals surface area (Å²) in [4.78, 5) is 25.5. The van der Waals surface area contributed by atoms with Gasteiger partial charge >= 0.3 is 5.97 Å². The molecule has 3 aliphatic rings. The summed E-state index contributed by atoms with van der Waals surface area (Å²) in [7, 11) is 0. The third-order valence-electron chi connectivity index (χ3n) is 8.02. The Hall–Kier alpha value is -1.28. The topological polar surface area (TPSA) is 113 Å². The van der Waals surface area contributed by atoms with Crippen molar-refractivity contribution in [3.05, 3.63) is 12.7 Å². The van der Waals surface area contributed by atoms with Crippen LogP contribution in [-0.4, -0.2) is 62.2 Å². The highest BCUT2D eigenvalue weighted by Gasteiger charge is 2.81. The number of carbonyl (C=O) groups excluding carboxylic acids is 2. The molecule has 0 aromatic rings. The molecule has 3 rings (SSSR count). The maximum Gasteiger partial charge on any atom is 0.303 e. The van der Waals surface area contributed by atoms with Gasteiger partial charge in [-0.2, -0.15) is 0 Å². The standard InChI is InChI=1S/C22H34O7/c1-8-19(5)11-14(25)22(27)20(6)13(24)9-10-18(3,4)16(20)15(26)17(28-12(2)23)21(22,7)29-19/h8,13,15-17,24,26-27H,1,9-11H2,2-7H3/t13-,15?,16-,17?,19-,20?,21+,22-/m0/s1. The van der Waals surface area contributed by atoms with E-state index in [1.807, 2.05) is 13.8 Å². The van der Waals surface area contributed by atoms with Crippen LogP contribution in [0.25, 0.3) is 0 Å². The molecule has 0 radical (unpaired) electrons. The molecule has 3 unspecified atom stereocenters. The molecule has 3 fully saturated rings. The van der Waals surface area contributed by atoms with E-state index in [0.717, 1.165) is 0 Å². The van der Waals surface area contributed by atoms with Gasteiger partial charge in [0, 0.05) is 24.7 Å². The normalized spacial score (nSPS) is 51.6. The first kappa shape index (κ1) is 22.4. The summed E-state index contributed by atoms with van der Waals surface area (Å²) < 4.78 is 11.8. The molecule has 0 bridgehead atoms. The summed E-state index contributed by atoms with van der Waals surface area (Å²) in [6.07, 6.45) is -1.29. The molecular formula is C22H34O7. The van der Waals surface area contributed by atoms with E-state index < -0.39 is 63.6 Å².